The first-order valence-electron chi connectivity index (χ1n) is 7.51. The predicted molar refractivity (Wildman–Crippen MR) is 83.1 cm³/mol. The van der Waals surface area contributed by atoms with E-state index in [0.29, 0.717) is 52.6 Å². The number of rotatable bonds is 15. The number of carbonyl (C=O) groups excluding carboxylic acids is 1. The molecular weight excluding hydrogens is 260 g/mol. The SMILES string of the molecule is CCNCCOCCOCCNC(=O)CCCOCC.[HH].[HH]. The van der Waals surface area contributed by atoms with Crippen molar-refractivity contribution in [1.29, 1.82) is 0 Å². The quantitative estimate of drug-likeness (QED) is 0.442. The summed E-state index contributed by atoms with van der Waals surface area (Å²) < 4.78 is 15.9. The van der Waals surface area contributed by atoms with Gasteiger partial charge in [0.15, 0.2) is 0 Å². The normalized spacial score (nSPS) is 10.7. The predicted octanol–water partition coefficient (Wildman–Crippen LogP) is 1.05. The molecule has 1 amide bonds. The lowest BCUT2D eigenvalue weighted by molar-refractivity contribution is -0.121. The minimum absolute atomic E-state index is 0. The Kier molecular flexibility index (Phi) is 15.8. The van der Waals surface area contributed by atoms with Gasteiger partial charge in [-0.05, 0) is 19.9 Å². The molecule has 124 valence electrons. The highest BCUT2D eigenvalue weighted by molar-refractivity contribution is 5.75. The Bertz CT molecular complexity index is 225. The molecule has 0 saturated heterocycles. The number of hydrogen-bond acceptors (Lipinski definition) is 5. The molecule has 0 unspecified atom stereocenters. The van der Waals surface area contributed by atoms with E-state index in [4.69, 9.17) is 14.2 Å². The second kappa shape index (κ2) is 16.4. The Morgan fingerprint density at radius 1 is 0.950 bits per heavy atom. The lowest BCUT2D eigenvalue weighted by atomic mass is 10.3. The van der Waals surface area contributed by atoms with E-state index in [1.807, 2.05) is 6.92 Å². The van der Waals surface area contributed by atoms with Crippen molar-refractivity contribution in [2.24, 2.45) is 0 Å². The molecule has 0 bridgehead atoms. The van der Waals surface area contributed by atoms with Gasteiger partial charge in [0.2, 0.25) is 5.91 Å². The molecule has 0 atom stereocenters. The minimum Gasteiger partial charge on any atom is -0.382 e. The number of amides is 1. The fourth-order valence-corrected chi connectivity index (χ4v) is 1.47. The third-order valence-electron chi connectivity index (χ3n) is 2.51. The molecule has 20 heavy (non-hydrogen) atoms. The number of carbonyl (C=O) groups is 1. The highest BCUT2D eigenvalue weighted by Gasteiger charge is 1.99. The van der Waals surface area contributed by atoms with Gasteiger partial charge in [-0.1, -0.05) is 6.92 Å². The Morgan fingerprint density at radius 3 is 2.30 bits per heavy atom. The molecule has 6 nitrogen and oxygen atoms in total. The molecule has 2 N–H and O–H groups in total. The van der Waals surface area contributed by atoms with Crippen molar-refractivity contribution in [3.63, 3.8) is 0 Å². The molecule has 0 fully saturated rings. The second-order valence-corrected chi connectivity index (χ2v) is 4.23. The van der Waals surface area contributed by atoms with Crippen molar-refractivity contribution in [1.82, 2.24) is 10.6 Å². The van der Waals surface area contributed by atoms with Crippen LogP contribution in [0.5, 0.6) is 0 Å². The summed E-state index contributed by atoms with van der Waals surface area (Å²) in [7, 11) is 0. The number of likely N-dealkylation sites (N-methyl/N-ethyl adjacent to an activating group) is 1. The summed E-state index contributed by atoms with van der Waals surface area (Å²) in [4.78, 5) is 11.4. The van der Waals surface area contributed by atoms with Crippen molar-refractivity contribution in [2.75, 3.05) is 59.3 Å². The van der Waals surface area contributed by atoms with E-state index in [1.54, 1.807) is 0 Å². The minimum atomic E-state index is 0. The fraction of sp³-hybridized carbons (Fsp3) is 0.929. The van der Waals surface area contributed by atoms with Crippen LogP contribution in [0.15, 0.2) is 0 Å². The first kappa shape index (κ1) is 19.3. The number of nitrogens with one attached hydrogen (secondary N) is 2. The van der Waals surface area contributed by atoms with Crippen molar-refractivity contribution in [2.45, 2.75) is 26.7 Å². The van der Waals surface area contributed by atoms with Crippen molar-refractivity contribution >= 4 is 5.91 Å². The van der Waals surface area contributed by atoms with Gasteiger partial charge in [0.25, 0.3) is 0 Å². The Balaban J connectivity index is -0.00000180. The third kappa shape index (κ3) is 15.4. The van der Waals surface area contributed by atoms with Crippen LogP contribution in [0.1, 0.15) is 29.5 Å². The number of hydrogen-bond donors (Lipinski definition) is 2. The molecule has 0 heterocycles. The van der Waals surface area contributed by atoms with Gasteiger partial charge in [0.05, 0.1) is 26.4 Å². The lowest BCUT2D eigenvalue weighted by Crippen LogP contribution is -2.27. The van der Waals surface area contributed by atoms with Crippen LogP contribution in [0.2, 0.25) is 0 Å². The smallest absolute Gasteiger partial charge is 0.220 e. The first-order valence-corrected chi connectivity index (χ1v) is 7.51. The van der Waals surface area contributed by atoms with E-state index in [-0.39, 0.29) is 8.76 Å². The summed E-state index contributed by atoms with van der Waals surface area (Å²) in [6.07, 6.45) is 1.27. The summed E-state index contributed by atoms with van der Waals surface area (Å²) in [6, 6.07) is 0. The van der Waals surface area contributed by atoms with Gasteiger partial charge in [-0.15, -0.1) is 0 Å². The molecule has 0 aromatic carbocycles. The molecule has 0 rings (SSSR count). The van der Waals surface area contributed by atoms with Crippen LogP contribution in [0, 0.1) is 0 Å². The summed E-state index contributed by atoms with van der Waals surface area (Å²) in [5, 5.41) is 5.98. The van der Waals surface area contributed by atoms with Gasteiger partial charge < -0.3 is 24.8 Å². The van der Waals surface area contributed by atoms with Crippen molar-refractivity contribution in [3.05, 3.63) is 0 Å². The van der Waals surface area contributed by atoms with Gasteiger partial charge in [0, 0.05) is 35.6 Å². The largest absolute Gasteiger partial charge is 0.382 e. The van der Waals surface area contributed by atoms with Crippen LogP contribution in [0.25, 0.3) is 0 Å². The van der Waals surface area contributed by atoms with Crippen LogP contribution in [-0.4, -0.2) is 65.2 Å². The molecule has 0 aliphatic heterocycles. The van der Waals surface area contributed by atoms with Gasteiger partial charge in [-0.3, -0.25) is 4.79 Å². The monoisotopic (exact) mass is 294 g/mol. The molecule has 6 heteroatoms. The molecular formula is C14H34N2O4. The first-order chi connectivity index (χ1) is 9.81. The maximum absolute atomic E-state index is 11.4. The van der Waals surface area contributed by atoms with E-state index in [1.165, 1.54) is 0 Å². The Labute approximate surface area is 125 Å². The van der Waals surface area contributed by atoms with Gasteiger partial charge >= 0.3 is 0 Å². The second-order valence-electron chi connectivity index (χ2n) is 4.23. The van der Waals surface area contributed by atoms with Gasteiger partial charge in [-0.2, -0.15) is 0 Å². The molecule has 0 aliphatic rings. The van der Waals surface area contributed by atoms with E-state index in [0.717, 1.165) is 19.5 Å². The standard InChI is InChI=1S/C14H30N2O4.2H2/c1-3-15-7-10-19-12-13-20-11-8-16-14(17)6-5-9-18-4-2;;/h15H,3-13H2,1-2H3,(H,16,17);2*1H. The maximum Gasteiger partial charge on any atom is 0.220 e. The van der Waals surface area contributed by atoms with Gasteiger partial charge in [-0.25, -0.2) is 0 Å². The summed E-state index contributed by atoms with van der Waals surface area (Å²) in [6.45, 7) is 10.1. The molecule has 0 aliphatic carbocycles. The summed E-state index contributed by atoms with van der Waals surface area (Å²) >= 11 is 0. The lowest BCUT2D eigenvalue weighted by Gasteiger charge is -2.07. The zero-order valence-electron chi connectivity index (χ0n) is 12.9. The number of ether oxygens (including phenoxy) is 3. The van der Waals surface area contributed by atoms with Gasteiger partial charge in [0.1, 0.15) is 0 Å². The van der Waals surface area contributed by atoms with E-state index < -0.39 is 0 Å². The Morgan fingerprint density at radius 2 is 1.65 bits per heavy atom. The van der Waals surface area contributed by atoms with E-state index >= 15 is 0 Å². The highest BCUT2D eigenvalue weighted by Crippen LogP contribution is 1.90. The van der Waals surface area contributed by atoms with Crippen LogP contribution in [0.4, 0.5) is 0 Å². The van der Waals surface area contributed by atoms with Crippen LogP contribution >= 0.6 is 0 Å². The van der Waals surface area contributed by atoms with Crippen LogP contribution in [-0.2, 0) is 19.0 Å². The zero-order valence-corrected chi connectivity index (χ0v) is 12.9. The molecule has 0 aromatic rings. The third-order valence-corrected chi connectivity index (χ3v) is 2.51. The molecule has 0 aromatic heterocycles. The summed E-state index contributed by atoms with van der Waals surface area (Å²) in [5.41, 5.74) is 0. The average molecular weight is 294 g/mol. The molecule has 0 radical (unpaired) electrons. The molecule has 0 saturated carbocycles. The van der Waals surface area contributed by atoms with Crippen LogP contribution < -0.4 is 10.6 Å². The summed E-state index contributed by atoms with van der Waals surface area (Å²) in [5.74, 6) is 0.0511. The fourth-order valence-electron chi connectivity index (χ4n) is 1.47. The zero-order chi connectivity index (χ0) is 14.9. The van der Waals surface area contributed by atoms with Crippen LogP contribution in [0.3, 0.4) is 0 Å². The van der Waals surface area contributed by atoms with E-state index in [9.17, 15) is 4.79 Å². The Hall–Kier alpha value is -0.690. The molecule has 0 spiro atoms. The van der Waals surface area contributed by atoms with Crippen molar-refractivity contribution in [3.8, 4) is 0 Å². The van der Waals surface area contributed by atoms with E-state index in [2.05, 4.69) is 17.6 Å². The average Bonchev–Trinajstić information content (AvgIpc) is 2.45. The topological polar surface area (TPSA) is 68.8 Å². The van der Waals surface area contributed by atoms with Crippen molar-refractivity contribution < 1.29 is 21.9 Å². The highest BCUT2D eigenvalue weighted by atomic mass is 16.5. The maximum atomic E-state index is 11.4.